The molecule has 0 unspecified atom stereocenters. The van der Waals surface area contributed by atoms with Crippen molar-refractivity contribution in [1.29, 1.82) is 0 Å². The minimum absolute atomic E-state index is 0.200. The number of aromatic carboxylic acids is 1. The van der Waals surface area contributed by atoms with Crippen molar-refractivity contribution in [1.82, 2.24) is 0 Å². The van der Waals surface area contributed by atoms with Crippen LogP contribution in [0.3, 0.4) is 0 Å². The first kappa shape index (κ1) is 14.3. The van der Waals surface area contributed by atoms with E-state index in [0.717, 1.165) is 25.8 Å². The number of aliphatic hydroxyl groups excluding tert-OH is 1. The highest BCUT2D eigenvalue weighted by molar-refractivity contribution is 5.95. The summed E-state index contributed by atoms with van der Waals surface area (Å²) in [5.41, 5.74) is 6.93. The van der Waals surface area contributed by atoms with Gasteiger partial charge in [-0.3, -0.25) is 0 Å². The smallest absolute Gasteiger partial charge is 0.337 e. The van der Waals surface area contributed by atoms with Crippen LogP contribution < -0.4 is 10.6 Å². The summed E-state index contributed by atoms with van der Waals surface area (Å²) in [7, 11) is 1.86. The van der Waals surface area contributed by atoms with E-state index in [0.29, 0.717) is 11.4 Å². The number of nitrogens with two attached hydrogens (primary N) is 1. The van der Waals surface area contributed by atoms with Gasteiger partial charge in [-0.25, -0.2) is 4.79 Å². The number of unbranched alkanes of at least 4 members (excludes halogenated alkanes) is 2. The third-order valence-electron chi connectivity index (χ3n) is 2.81. The van der Waals surface area contributed by atoms with Gasteiger partial charge in [0.25, 0.3) is 0 Å². The van der Waals surface area contributed by atoms with Crippen molar-refractivity contribution in [2.75, 3.05) is 30.8 Å². The predicted molar refractivity (Wildman–Crippen MR) is 72.0 cm³/mol. The van der Waals surface area contributed by atoms with Crippen molar-refractivity contribution in [3.05, 3.63) is 23.8 Å². The van der Waals surface area contributed by atoms with Gasteiger partial charge < -0.3 is 20.8 Å². The number of benzene rings is 1. The number of hydrogen-bond acceptors (Lipinski definition) is 4. The van der Waals surface area contributed by atoms with Crippen molar-refractivity contribution in [2.24, 2.45) is 0 Å². The minimum Gasteiger partial charge on any atom is -0.478 e. The maximum atomic E-state index is 11.1. The van der Waals surface area contributed by atoms with Gasteiger partial charge in [0.2, 0.25) is 0 Å². The van der Waals surface area contributed by atoms with E-state index in [1.54, 1.807) is 12.1 Å². The quantitative estimate of drug-likeness (QED) is 0.506. The number of aliphatic hydroxyl groups is 1. The standard InChI is InChI=1S/C13H20N2O3/c1-15(7-3-2-4-8-16)12-6-5-10(14)9-11(12)13(17)18/h5-6,9,16H,2-4,7-8,14H2,1H3,(H,17,18). The fourth-order valence-electron chi connectivity index (χ4n) is 1.82. The maximum Gasteiger partial charge on any atom is 0.337 e. The van der Waals surface area contributed by atoms with E-state index in [-0.39, 0.29) is 12.2 Å². The van der Waals surface area contributed by atoms with Crippen molar-refractivity contribution in [3.63, 3.8) is 0 Å². The van der Waals surface area contributed by atoms with Crippen LogP contribution in [0.4, 0.5) is 11.4 Å². The van der Waals surface area contributed by atoms with Gasteiger partial charge in [-0.1, -0.05) is 0 Å². The third kappa shape index (κ3) is 3.92. The van der Waals surface area contributed by atoms with Gasteiger partial charge in [-0.2, -0.15) is 0 Å². The molecule has 4 N–H and O–H groups in total. The zero-order chi connectivity index (χ0) is 13.5. The Labute approximate surface area is 107 Å². The first-order valence-electron chi connectivity index (χ1n) is 6.01. The Hall–Kier alpha value is -1.75. The van der Waals surface area contributed by atoms with Gasteiger partial charge >= 0.3 is 5.97 Å². The molecule has 0 heterocycles. The molecule has 5 heteroatoms. The summed E-state index contributed by atoms with van der Waals surface area (Å²) in [6.45, 7) is 0.955. The number of carboxylic acid groups (broad SMARTS) is 1. The second kappa shape index (κ2) is 6.86. The average Bonchev–Trinajstić information content (AvgIpc) is 2.34. The number of carboxylic acids is 1. The minimum atomic E-state index is -0.973. The van der Waals surface area contributed by atoms with E-state index in [1.807, 2.05) is 11.9 Å². The van der Waals surface area contributed by atoms with Crippen LogP contribution in [0, 0.1) is 0 Å². The molecular weight excluding hydrogens is 232 g/mol. The molecule has 100 valence electrons. The Morgan fingerprint density at radius 1 is 1.33 bits per heavy atom. The first-order chi connectivity index (χ1) is 8.56. The van der Waals surface area contributed by atoms with E-state index < -0.39 is 5.97 Å². The van der Waals surface area contributed by atoms with Gasteiger partial charge in [0.15, 0.2) is 0 Å². The topological polar surface area (TPSA) is 86.8 Å². The van der Waals surface area contributed by atoms with Crippen LogP contribution in [0.15, 0.2) is 18.2 Å². The Kier molecular flexibility index (Phi) is 5.45. The van der Waals surface area contributed by atoms with Crippen molar-refractivity contribution >= 4 is 17.3 Å². The van der Waals surface area contributed by atoms with Crippen LogP contribution in [0.2, 0.25) is 0 Å². The van der Waals surface area contributed by atoms with E-state index in [9.17, 15) is 4.79 Å². The summed E-state index contributed by atoms with van der Waals surface area (Å²) in [6.07, 6.45) is 2.63. The SMILES string of the molecule is CN(CCCCCO)c1ccc(N)cc1C(=O)O. The first-order valence-corrected chi connectivity index (χ1v) is 6.01. The summed E-state index contributed by atoms with van der Waals surface area (Å²) in [5.74, 6) is -0.973. The van der Waals surface area contributed by atoms with E-state index >= 15 is 0 Å². The third-order valence-corrected chi connectivity index (χ3v) is 2.81. The van der Waals surface area contributed by atoms with E-state index in [1.165, 1.54) is 6.07 Å². The second-order valence-corrected chi connectivity index (χ2v) is 4.29. The molecule has 1 aromatic carbocycles. The van der Waals surface area contributed by atoms with Gasteiger partial charge in [0.05, 0.1) is 11.3 Å². The molecule has 1 aromatic rings. The van der Waals surface area contributed by atoms with Gasteiger partial charge in [-0.15, -0.1) is 0 Å². The van der Waals surface area contributed by atoms with E-state index in [4.69, 9.17) is 15.9 Å². The summed E-state index contributed by atoms with van der Waals surface area (Å²) < 4.78 is 0. The van der Waals surface area contributed by atoms with Gasteiger partial charge in [0.1, 0.15) is 0 Å². The van der Waals surface area contributed by atoms with Crippen LogP contribution in [0.1, 0.15) is 29.6 Å². The lowest BCUT2D eigenvalue weighted by molar-refractivity contribution is 0.0697. The molecule has 0 fully saturated rings. The molecule has 0 amide bonds. The molecule has 1 rings (SSSR count). The van der Waals surface area contributed by atoms with Crippen molar-refractivity contribution in [2.45, 2.75) is 19.3 Å². The van der Waals surface area contributed by atoms with Crippen LogP contribution in [0.25, 0.3) is 0 Å². The average molecular weight is 252 g/mol. The molecule has 18 heavy (non-hydrogen) atoms. The van der Waals surface area contributed by atoms with E-state index in [2.05, 4.69) is 0 Å². The number of hydrogen-bond donors (Lipinski definition) is 3. The molecule has 0 saturated heterocycles. The normalized spacial score (nSPS) is 10.3. The Balaban J connectivity index is 2.72. The summed E-state index contributed by atoms with van der Waals surface area (Å²) >= 11 is 0. The number of nitrogen functional groups attached to an aromatic ring is 1. The van der Waals surface area contributed by atoms with Crippen LogP contribution in [0.5, 0.6) is 0 Å². The summed E-state index contributed by atoms with van der Waals surface area (Å²) in [6, 6.07) is 4.90. The highest BCUT2D eigenvalue weighted by Crippen LogP contribution is 2.22. The van der Waals surface area contributed by atoms with Crippen LogP contribution in [-0.4, -0.2) is 36.4 Å². The second-order valence-electron chi connectivity index (χ2n) is 4.29. The fourth-order valence-corrected chi connectivity index (χ4v) is 1.82. The molecule has 0 aliphatic heterocycles. The number of carbonyl (C=O) groups is 1. The van der Waals surface area contributed by atoms with Crippen LogP contribution >= 0.6 is 0 Å². The van der Waals surface area contributed by atoms with Gasteiger partial charge in [-0.05, 0) is 37.5 Å². The highest BCUT2D eigenvalue weighted by Gasteiger charge is 2.13. The number of rotatable bonds is 7. The van der Waals surface area contributed by atoms with Crippen LogP contribution in [-0.2, 0) is 0 Å². The lowest BCUT2D eigenvalue weighted by Gasteiger charge is -2.21. The molecule has 0 aliphatic rings. The largest absolute Gasteiger partial charge is 0.478 e. The lowest BCUT2D eigenvalue weighted by Crippen LogP contribution is -2.21. The maximum absolute atomic E-state index is 11.1. The van der Waals surface area contributed by atoms with Gasteiger partial charge in [0, 0.05) is 25.9 Å². The van der Waals surface area contributed by atoms with Crippen molar-refractivity contribution < 1.29 is 15.0 Å². The predicted octanol–water partition coefficient (Wildman–Crippen LogP) is 1.57. The summed E-state index contributed by atoms with van der Waals surface area (Å²) in [5, 5.41) is 17.8. The zero-order valence-electron chi connectivity index (χ0n) is 10.6. The molecule has 5 nitrogen and oxygen atoms in total. The molecule has 0 saturated carbocycles. The Morgan fingerprint density at radius 3 is 2.67 bits per heavy atom. The number of anilines is 2. The van der Waals surface area contributed by atoms with Crippen molar-refractivity contribution in [3.8, 4) is 0 Å². The highest BCUT2D eigenvalue weighted by atomic mass is 16.4. The molecule has 0 aliphatic carbocycles. The molecule has 0 spiro atoms. The molecule has 0 radical (unpaired) electrons. The Bertz CT molecular complexity index is 407. The lowest BCUT2D eigenvalue weighted by atomic mass is 10.1. The Morgan fingerprint density at radius 2 is 2.06 bits per heavy atom. The monoisotopic (exact) mass is 252 g/mol. The zero-order valence-corrected chi connectivity index (χ0v) is 10.6. The molecule has 0 bridgehead atoms. The number of nitrogens with zero attached hydrogens (tertiary/aromatic N) is 1. The molecule has 0 atom stereocenters. The summed E-state index contributed by atoms with van der Waals surface area (Å²) in [4.78, 5) is 13.0. The fraction of sp³-hybridized carbons (Fsp3) is 0.462. The molecule has 0 aromatic heterocycles. The molecular formula is C13H20N2O3.